The topological polar surface area (TPSA) is 77.2 Å². The number of anilines is 2. The second-order valence-corrected chi connectivity index (χ2v) is 4.88. The quantitative estimate of drug-likeness (QED) is 0.647. The molecule has 5 nitrogen and oxygen atoms in total. The highest BCUT2D eigenvalue weighted by Crippen LogP contribution is 2.20. The molecule has 100 valence electrons. The van der Waals surface area contributed by atoms with Crippen molar-refractivity contribution in [1.29, 1.82) is 0 Å². The van der Waals surface area contributed by atoms with Gasteiger partial charge >= 0.3 is 5.97 Å². The zero-order chi connectivity index (χ0) is 13.7. The minimum Gasteiger partial charge on any atom is -0.465 e. The molecule has 0 unspecified atom stereocenters. The molecule has 0 aliphatic rings. The third-order valence-corrected chi connectivity index (χ3v) is 3.45. The van der Waals surface area contributed by atoms with Gasteiger partial charge in [-0.3, -0.25) is 0 Å². The Labute approximate surface area is 115 Å². The van der Waals surface area contributed by atoms with E-state index >= 15 is 0 Å². The fourth-order valence-electron chi connectivity index (χ4n) is 1.65. The zero-order valence-corrected chi connectivity index (χ0v) is 11.4. The first-order chi connectivity index (χ1) is 9.20. The van der Waals surface area contributed by atoms with Crippen LogP contribution in [-0.2, 0) is 11.2 Å². The zero-order valence-electron chi connectivity index (χ0n) is 10.6. The summed E-state index contributed by atoms with van der Waals surface area (Å²) in [7, 11) is 1.35. The van der Waals surface area contributed by atoms with E-state index in [0.29, 0.717) is 11.3 Å². The number of hydrogen-bond donors (Lipinski definition) is 2. The van der Waals surface area contributed by atoms with Crippen LogP contribution >= 0.6 is 11.3 Å². The van der Waals surface area contributed by atoms with Crippen molar-refractivity contribution in [3.05, 3.63) is 40.3 Å². The molecule has 2 aromatic rings. The van der Waals surface area contributed by atoms with Gasteiger partial charge in [0.25, 0.3) is 0 Å². The largest absolute Gasteiger partial charge is 0.465 e. The molecule has 3 N–H and O–H groups in total. The van der Waals surface area contributed by atoms with Gasteiger partial charge in [-0.15, -0.1) is 11.3 Å². The number of nitrogens with two attached hydrogens (primary N) is 1. The molecule has 0 spiro atoms. The minimum atomic E-state index is -0.388. The Kier molecular flexibility index (Phi) is 4.35. The van der Waals surface area contributed by atoms with Crippen molar-refractivity contribution in [3.8, 4) is 0 Å². The monoisotopic (exact) mass is 277 g/mol. The summed E-state index contributed by atoms with van der Waals surface area (Å²) in [6.07, 6.45) is 2.63. The standard InChI is InChI=1S/C13H15N3O2S/c1-18-13(17)9-2-3-11(10(14)8-9)15-5-4-12-16-6-7-19-12/h2-3,6-8,15H,4-5,14H2,1H3. The van der Waals surface area contributed by atoms with Crippen LogP contribution in [-0.4, -0.2) is 24.6 Å². The Balaban J connectivity index is 1.95. The van der Waals surface area contributed by atoms with E-state index in [1.807, 2.05) is 5.38 Å². The van der Waals surface area contributed by atoms with Gasteiger partial charge in [-0.1, -0.05) is 0 Å². The number of methoxy groups -OCH3 is 1. The Morgan fingerprint density at radius 2 is 2.37 bits per heavy atom. The maximum atomic E-state index is 11.3. The number of nitrogens with one attached hydrogen (secondary N) is 1. The van der Waals surface area contributed by atoms with Crippen molar-refractivity contribution < 1.29 is 9.53 Å². The van der Waals surface area contributed by atoms with Crippen LogP contribution in [0.15, 0.2) is 29.8 Å². The second-order valence-electron chi connectivity index (χ2n) is 3.90. The van der Waals surface area contributed by atoms with E-state index in [2.05, 4.69) is 15.0 Å². The third-order valence-electron chi connectivity index (χ3n) is 2.61. The predicted molar refractivity (Wildman–Crippen MR) is 76.5 cm³/mol. The molecule has 0 saturated carbocycles. The molecule has 0 radical (unpaired) electrons. The van der Waals surface area contributed by atoms with Gasteiger partial charge in [0.2, 0.25) is 0 Å². The van der Waals surface area contributed by atoms with Crippen LogP contribution in [0.1, 0.15) is 15.4 Å². The van der Waals surface area contributed by atoms with E-state index in [1.54, 1.807) is 35.7 Å². The van der Waals surface area contributed by atoms with E-state index in [0.717, 1.165) is 23.7 Å². The highest BCUT2D eigenvalue weighted by Gasteiger charge is 2.07. The number of aromatic nitrogens is 1. The fourth-order valence-corrected chi connectivity index (χ4v) is 2.27. The average molecular weight is 277 g/mol. The van der Waals surface area contributed by atoms with Gasteiger partial charge < -0.3 is 15.8 Å². The molecule has 0 saturated heterocycles. The maximum Gasteiger partial charge on any atom is 0.337 e. The summed E-state index contributed by atoms with van der Waals surface area (Å²) in [6.45, 7) is 0.745. The van der Waals surface area contributed by atoms with E-state index < -0.39 is 0 Å². The second kappa shape index (κ2) is 6.19. The normalized spacial score (nSPS) is 10.2. The van der Waals surface area contributed by atoms with E-state index in [9.17, 15) is 4.79 Å². The highest BCUT2D eigenvalue weighted by molar-refractivity contribution is 7.09. The van der Waals surface area contributed by atoms with E-state index in [1.165, 1.54) is 7.11 Å². The average Bonchev–Trinajstić information content (AvgIpc) is 2.93. The molecule has 0 amide bonds. The number of carbonyl (C=O) groups excluding carboxylic acids is 1. The van der Waals surface area contributed by atoms with Crippen LogP contribution in [0.4, 0.5) is 11.4 Å². The number of thiazole rings is 1. The number of esters is 1. The van der Waals surface area contributed by atoms with Gasteiger partial charge in [0.1, 0.15) is 0 Å². The lowest BCUT2D eigenvalue weighted by Crippen LogP contribution is -2.08. The van der Waals surface area contributed by atoms with Crippen LogP contribution in [0.5, 0.6) is 0 Å². The Bertz CT molecular complexity index is 555. The Morgan fingerprint density at radius 1 is 1.53 bits per heavy atom. The van der Waals surface area contributed by atoms with Crippen LogP contribution < -0.4 is 11.1 Å². The van der Waals surface area contributed by atoms with Gasteiger partial charge in [0.05, 0.1) is 29.1 Å². The molecule has 0 bridgehead atoms. The first kappa shape index (κ1) is 13.4. The van der Waals surface area contributed by atoms with E-state index in [-0.39, 0.29) is 5.97 Å². The lowest BCUT2D eigenvalue weighted by molar-refractivity contribution is 0.0601. The molecular weight excluding hydrogens is 262 g/mol. The summed E-state index contributed by atoms with van der Waals surface area (Å²) in [5.74, 6) is -0.388. The van der Waals surface area contributed by atoms with Crippen molar-refractivity contribution in [3.63, 3.8) is 0 Å². The first-order valence-electron chi connectivity index (χ1n) is 5.81. The van der Waals surface area contributed by atoms with Gasteiger partial charge in [-0.05, 0) is 18.2 Å². The molecular formula is C13H15N3O2S. The summed E-state index contributed by atoms with van der Waals surface area (Å²) < 4.78 is 4.64. The molecule has 1 aromatic heterocycles. The van der Waals surface area contributed by atoms with Crippen LogP contribution in [0.2, 0.25) is 0 Å². The summed E-state index contributed by atoms with van der Waals surface area (Å²) in [4.78, 5) is 15.5. The lowest BCUT2D eigenvalue weighted by Gasteiger charge is -2.09. The van der Waals surface area contributed by atoms with Crippen molar-refractivity contribution in [1.82, 2.24) is 4.98 Å². The van der Waals surface area contributed by atoms with Crippen molar-refractivity contribution >= 4 is 28.7 Å². The SMILES string of the molecule is COC(=O)c1ccc(NCCc2nccs2)c(N)c1. The number of nitrogen functional groups attached to an aromatic ring is 1. The summed E-state index contributed by atoms with van der Waals surface area (Å²) in [6, 6.07) is 5.08. The van der Waals surface area contributed by atoms with Gasteiger partial charge in [-0.25, -0.2) is 9.78 Å². The van der Waals surface area contributed by atoms with Crippen LogP contribution in [0.25, 0.3) is 0 Å². The number of ether oxygens (including phenoxy) is 1. The molecule has 19 heavy (non-hydrogen) atoms. The molecule has 0 aliphatic carbocycles. The number of hydrogen-bond acceptors (Lipinski definition) is 6. The highest BCUT2D eigenvalue weighted by atomic mass is 32.1. The molecule has 1 heterocycles. The van der Waals surface area contributed by atoms with Gasteiger partial charge in [-0.2, -0.15) is 0 Å². The first-order valence-corrected chi connectivity index (χ1v) is 6.68. The predicted octanol–water partition coefficient (Wildman–Crippen LogP) is 2.17. The van der Waals surface area contributed by atoms with Gasteiger partial charge in [0, 0.05) is 24.5 Å². The summed E-state index contributed by atoms with van der Waals surface area (Å²) in [5, 5.41) is 6.26. The Morgan fingerprint density at radius 3 is 3.00 bits per heavy atom. The number of carbonyl (C=O) groups is 1. The molecule has 0 aliphatic heterocycles. The smallest absolute Gasteiger partial charge is 0.337 e. The third kappa shape index (κ3) is 3.45. The summed E-state index contributed by atoms with van der Waals surface area (Å²) >= 11 is 1.63. The van der Waals surface area contributed by atoms with Crippen molar-refractivity contribution in [2.45, 2.75) is 6.42 Å². The Hall–Kier alpha value is -2.08. The molecule has 0 atom stereocenters. The van der Waals surface area contributed by atoms with Gasteiger partial charge in [0.15, 0.2) is 0 Å². The van der Waals surface area contributed by atoms with Crippen LogP contribution in [0, 0.1) is 0 Å². The molecule has 2 rings (SSSR count). The molecule has 6 heteroatoms. The van der Waals surface area contributed by atoms with E-state index in [4.69, 9.17) is 5.73 Å². The fraction of sp³-hybridized carbons (Fsp3) is 0.231. The lowest BCUT2D eigenvalue weighted by atomic mass is 10.1. The number of nitrogens with zero attached hydrogens (tertiary/aromatic N) is 1. The van der Waals surface area contributed by atoms with Crippen molar-refractivity contribution in [2.75, 3.05) is 24.7 Å². The molecule has 0 fully saturated rings. The number of rotatable bonds is 5. The summed E-state index contributed by atoms with van der Waals surface area (Å²) in [5.41, 5.74) is 7.68. The maximum absolute atomic E-state index is 11.3. The molecule has 1 aromatic carbocycles. The van der Waals surface area contributed by atoms with Crippen LogP contribution in [0.3, 0.4) is 0 Å². The van der Waals surface area contributed by atoms with Crippen molar-refractivity contribution in [2.24, 2.45) is 0 Å². The number of benzene rings is 1. The minimum absolute atomic E-state index is 0.388.